The van der Waals surface area contributed by atoms with E-state index in [0.29, 0.717) is 5.56 Å². The molecule has 0 spiro atoms. The molecule has 1 aromatic carbocycles. The number of rotatable bonds is 4. The van der Waals surface area contributed by atoms with Crippen LogP contribution < -0.4 is 0 Å². The van der Waals surface area contributed by atoms with E-state index in [0.717, 1.165) is 28.5 Å². The molecule has 0 N–H and O–H groups in total. The maximum Gasteiger partial charge on any atom is 0.255 e. The van der Waals surface area contributed by atoms with Gasteiger partial charge in [-0.1, -0.05) is 22.9 Å². The summed E-state index contributed by atoms with van der Waals surface area (Å²) in [5.41, 5.74) is 0.713. The zero-order valence-corrected chi connectivity index (χ0v) is 12.6. The number of benzene rings is 1. The molecule has 16 heavy (non-hydrogen) atoms. The molecule has 2 nitrogen and oxygen atoms in total. The quantitative estimate of drug-likeness (QED) is 0.802. The van der Waals surface area contributed by atoms with Gasteiger partial charge in [0.1, 0.15) is 0 Å². The molecular weight excluding hydrogens is 334 g/mol. The fourth-order valence-electron chi connectivity index (χ4n) is 1.50. The molecular formula is C12H15Br2NO. The van der Waals surface area contributed by atoms with Crippen molar-refractivity contribution in [3.05, 3.63) is 32.7 Å². The van der Waals surface area contributed by atoms with E-state index in [-0.39, 0.29) is 5.91 Å². The van der Waals surface area contributed by atoms with Crippen molar-refractivity contribution < 1.29 is 4.79 Å². The Morgan fingerprint density at radius 1 is 1.31 bits per heavy atom. The van der Waals surface area contributed by atoms with Crippen LogP contribution in [0.3, 0.4) is 0 Å². The molecule has 4 heteroatoms. The molecule has 1 rings (SSSR count). The van der Waals surface area contributed by atoms with Crippen LogP contribution in [0.1, 0.15) is 30.6 Å². The average Bonchev–Trinajstić information content (AvgIpc) is 2.28. The van der Waals surface area contributed by atoms with E-state index >= 15 is 0 Å². The second-order valence-corrected chi connectivity index (χ2v) is 5.28. The lowest BCUT2D eigenvalue weighted by Gasteiger charge is -2.20. The smallest absolute Gasteiger partial charge is 0.255 e. The second kappa shape index (κ2) is 6.40. The third-order valence-corrected chi connectivity index (χ3v) is 3.51. The highest BCUT2D eigenvalue weighted by Gasteiger charge is 2.16. The van der Waals surface area contributed by atoms with Crippen LogP contribution in [0.15, 0.2) is 27.1 Å². The van der Waals surface area contributed by atoms with Crippen LogP contribution in [-0.2, 0) is 0 Å². The Labute approximate surface area is 113 Å². The number of carbonyl (C=O) groups excluding carboxylic acids is 1. The average molecular weight is 349 g/mol. The Kier molecular flexibility index (Phi) is 5.49. The standard InChI is InChI=1S/C12H15Br2NO/c1-3-7-15(4-2)12(16)10-8-9(13)5-6-11(10)14/h5-6,8H,3-4,7H2,1-2H3. The molecule has 88 valence electrons. The molecule has 0 heterocycles. The van der Waals surface area contributed by atoms with Gasteiger partial charge in [0.15, 0.2) is 0 Å². The first-order chi connectivity index (χ1) is 7.60. The topological polar surface area (TPSA) is 20.3 Å². The predicted octanol–water partition coefficient (Wildman–Crippen LogP) is 4.08. The highest BCUT2D eigenvalue weighted by atomic mass is 79.9. The number of nitrogens with zero attached hydrogens (tertiary/aromatic N) is 1. The van der Waals surface area contributed by atoms with Crippen molar-refractivity contribution in [3.8, 4) is 0 Å². The fraction of sp³-hybridized carbons (Fsp3) is 0.417. The third-order valence-electron chi connectivity index (χ3n) is 2.32. The Morgan fingerprint density at radius 3 is 2.56 bits per heavy atom. The number of amides is 1. The molecule has 0 saturated carbocycles. The van der Waals surface area contributed by atoms with Crippen LogP contribution in [0.2, 0.25) is 0 Å². The molecule has 0 fully saturated rings. The zero-order valence-electron chi connectivity index (χ0n) is 9.46. The van der Waals surface area contributed by atoms with Gasteiger partial charge in [0.2, 0.25) is 0 Å². The summed E-state index contributed by atoms with van der Waals surface area (Å²) in [5.74, 6) is 0.0810. The maximum atomic E-state index is 12.2. The Hall–Kier alpha value is -0.350. The van der Waals surface area contributed by atoms with Gasteiger partial charge < -0.3 is 4.90 Å². The molecule has 0 aliphatic rings. The summed E-state index contributed by atoms with van der Waals surface area (Å²) in [5, 5.41) is 0. The largest absolute Gasteiger partial charge is 0.339 e. The monoisotopic (exact) mass is 347 g/mol. The van der Waals surface area contributed by atoms with Crippen molar-refractivity contribution in [2.75, 3.05) is 13.1 Å². The number of halogens is 2. The van der Waals surface area contributed by atoms with Crippen LogP contribution >= 0.6 is 31.9 Å². The molecule has 0 atom stereocenters. The van der Waals surface area contributed by atoms with Crippen LogP contribution in [-0.4, -0.2) is 23.9 Å². The van der Waals surface area contributed by atoms with Crippen molar-refractivity contribution in [1.82, 2.24) is 4.90 Å². The van der Waals surface area contributed by atoms with Crippen molar-refractivity contribution in [3.63, 3.8) is 0 Å². The van der Waals surface area contributed by atoms with E-state index in [1.54, 1.807) is 0 Å². The van der Waals surface area contributed by atoms with Crippen LogP contribution in [0.5, 0.6) is 0 Å². The molecule has 1 aromatic rings. The van der Waals surface area contributed by atoms with E-state index in [1.807, 2.05) is 30.0 Å². The molecule has 0 unspecified atom stereocenters. The predicted molar refractivity (Wildman–Crippen MR) is 73.7 cm³/mol. The van der Waals surface area contributed by atoms with Crippen molar-refractivity contribution in [1.29, 1.82) is 0 Å². The van der Waals surface area contributed by atoms with Crippen LogP contribution in [0.4, 0.5) is 0 Å². The van der Waals surface area contributed by atoms with Gasteiger partial charge in [-0.15, -0.1) is 0 Å². The van der Waals surface area contributed by atoms with Crippen LogP contribution in [0.25, 0.3) is 0 Å². The first kappa shape index (κ1) is 13.7. The summed E-state index contributed by atoms with van der Waals surface area (Å²) < 4.78 is 1.77. The molecule has 1 amide bonds. The molecule has 0 bridgehead atoms. The summed E-state index contributed by atoms with van der Waals surface area (Å²) in [6.07, 6.45) is 0.977. The Bertz CT molecular complexity index is 379. The van der Waals surface area contributed by atoms with E-state index in [4.69, 9.17) is 0 Å². The summed E-state index contributed by atoms with van der Waals surface area (Å²) in [4.78, 5) is 14.1. The minimum absolute atomic E-state index is 0.0810. The van der Waals surface area contributed by atoms with Crippen molar-refractivity contribution in [2.45, 2.75) is 20.3 Å². The number of carbonyl (C=O) groups is 1. The lowest BCUT2D eigenvalue weighted by molar-refractivity contribution is 0.0763. The second-order valence-electron chi connectivity index (χ2n) is 3.51. The van der Waals surface area contributed by atoms with E-state index < -0.39 is 0 Å². The lowest BCUT2D eigenvalue weighted by Crippen LogP contribution is -2.31. The van der Waals surface area contributed by atoms with Gasteiger partial charge in [0, 0.05) is 22.0 Å². The highest BCUT2D eigenvalue weighted by Crippen LogP contribution is 2.23. The third kappa shape index (κ3) is 3.32. The van der Waals surface area contributed by atoms with Crippen LogP contribution in [0, 0.1) is 0 Å². The van der Waals surface area contributed by atoms with Gasteiger partial charge in [-0.25, -0.2) is 0 Å². The normalized spacial score (nSPS) is 10.2. The SMILES string of the molecule is CCCN(CC)C(=O)c1cc(Br)ccc1Br. The Morgan fingerprint density at radius 2 is 2.00 bits per heavy atom. The number of hydrogen-bond donors (Lipinski definition) is 0. The molecule has 0 aromatic heterocycles. The molecule has 0 radical (unpaired) electrons. The summed E-state index contributed by atoms with van der Waals surface area (Å²) in [6.45, 7) is 5.62. The maximum absolute atomic E-state index is 12.2. The lowest BCUT2D eigenvalue weighted by atomic mass is 10.2. The van der Waals surface area contributed by atoms with Gasteiger partial charge in [-0.2, -0.15) is 0 Å². The molecule has 0 aliphatic heterocycles. The van der Waals surface area contributed by atoms with Crippen molar-refractivity contribution >= 4 is 37.8 Å². The van der Waals surface area contributed by atoms with Gasteiger partial charge in [-0.3, -0.25) is 4.79 Å². The van der Waals surface area contributed by atoms with E-state index in [2.05, 4.69) is 38.8 Å². The van der Waals surface area contributed by atoms with E-state index in [9.17, 15) is 4.79 Å². The fourth-order valence-corrected chi connectivity index (χ4v) is 2.28. The molecule has 0 aliphatic carbocycles. The van der Waals surface area contributed by atoms with Gasteiger partial charge in [-0.05, 0) is 47.5 Å². The van der Waals surface area contributed by atoms with Gasteiger partial charge >= 0.3 is 0 Å². The summed E-state index contributed by atoms with van der Waals surface area (Å²) in [6, 6.07) is 5.65. The minimum atomic E-state index is 0.0810. The molecule has 0 saturated heterocycles. The zero-order chi connectivity index (χ0) is 12.1. The highest BCUT2D eigenvalue weighted by molar-refractivity contribution is 9.11. The van der Waals surface area contributed by atoms with Gasteiger partial charge in [0.05, 0.1) is 5.56 Å². The summed E-state index contributed by atoms with van der Waals surface area (Å²) >= 11 is 6.79. The first-order valence-corrected chi connectivity index (χ1v) is 6.93. The minimum Gasteiger partial charge on any atom is -0.339 e. The van der Waals surface area contributed by atoms with Gasteiger partial charge in [0.25, 0.3) is 5.91 Å². The first-order valence-electron chi connectivity index (χ1n) is 5.34. The summed E-state index contributed by atoms with van der Waals surface area (Å²) in [7, 11) is 0. The Balaban J connectivity index is 2.98. The number of hydrogen-bond acceptors (Lipinski definition) is 1. The van der Waals surface area contributed by atoms with Crippen molar-refractivity contribution in [2.24, 2.45) is 0 Å². The van der Waals surface area contributed by atoms with E-state index in [1.165, 1.54) is 0 Å².